The van der Waals surface area contributed by atoms with E-state index >= 15 is 0 Å². The van der Waals surface area contributed by atoms with Crippen LogP contribution in [0.5, 0.6) is 0 Å². The highest BCUT2D eigenvalue weighted by molar-refractivity contribution is 9.10. The molecular weight excluding hydrogens is 339 g/mol. The summed E-state index contributed by atoms with van der Waals surface area (Å²) in [6.45, 7) is 2.08. The maximum Gasteiger partial charge on any atom is 0.124 e. The average molecular weight is 356 g/mol. The van der Waals surface area contributed by atoms with E-state index in [-0.39, 0.29) is 5.82 Å². The topological polar surface area (TPSA) is 0 Å². The van der Waals surface area contributed by atoms with E-state index in [0.29, 0.717) is 11.8 Å². The van der Waals surface area contributed by atoms with Crippen molar-refractivity contribution in [3.63, 3.8) is 0 Å². The van der Waals surface area contributed by atoms with Gasteiger partial charge in [-0.3, -0.25) is 0 Å². The molecule has 0 fully saturated rings. The molecule has 0 radical (unpaired) electrons. The molecular formula is C17H17BrClF. The summed E-state index contributed by atoms with van der Waals surface area (Å²) in [6, 6.07) is 13.4. The molecule has 0 amide bonds. The monoisotopic (exact) mass is 354 g/mol. The molecule has 0 aliphatic heterocycles. The predicted molar refractivity (Wildman–Crippen MR) is 86.9 cm³/mol. The van der Waals surface area contributed by atoms with Gasteiger partial charge in [-0.2, -0.15) is 0 Å². The highest BCUT2D eigenvalue weighted by Gasteiger charge is 2.12. The van der Waals surface area contributed by atoms with Crippen LogP contribution in [0.2, 0.25) is 0 Å². The van der Waals surface area contributed by atoms with Crippen LogP contribution in [0.15, 0.2) is 46.9 Å². The number of hydrogen-bond acceptors (Lipinski definition) is 0. The fraction of sp³-hybridized carbons (Fsp3) is 0.294. The Bertz CT molecular complexity index is 566. The highest BCUT2D eigenvalue weighted by atomic mass is 79.9. The van der Waals surface area contributed by atoms with Crippen molar-refractivity contribution < 1.29 is 4.39 Å². The summed E-state index contributed by atoms with van der Waals surface area (Å²) < 4.78 is 13.9. The molecule has 0 aromatic heterocycles. The Hall–Kier alpha value is -0.860. The molecule has 3 heteroatoms. The number of aryl methyl sites for hydroxylation is 1. The second-order valence-electron chi connectivity index (χ2n) is 5.15. The lowest BCUT2D eigenvalue weighted by Gasteiger charge is -2.15. The molecule has 0 heterocycles. The lowest BCUT2D eigenvalue weighted by molar-refractivity contribution is 0.579. The lowest BCUT2D eigenvalue weighted by atomic mass is 9.94. The summed E-state index contributed by atoms with van der Waals surface area (Å²) in [5.41, 5.74) is 3.65. The Balaban J connectivity index is 2.07. The van der Waals surface area contributed by atoms with Gasteiger partial charge in [-0.25, -0.2) is 4.39 Å². The third-order valence-corrected chi connectivity index (χ3v) is 4.56. The SMILES string of the molecule is Cc1ccc(CC(CCl)Cc2ccc(F)cc2Br)cc1. The quantitative estimate of drug-likeness (QED) is 0.618. The average Bonchev–Trinajstić information content (AvgIpc) is 2.43. The first-order valence-corrected chi connectivity index (χ1v) is 7.96. The normalized spacial score (nSPS) is 12.4. The van der Waals surface area contributed by atoms with Gasteiger partial charge >= 0.3 is 0 Å². The van der Waals surface area contributed by atoms with Crippen molar-refractivity contribution in [2.45, 2.75) is 19.8 Å². The van der Waals surface area contributed by atoms with Crippen molar-refractivity contribution in [1.29, 1.82) is 0 Å². The van der Waals surface area contributed by atoms with Crippen LogP contribution in [0.4, 0.5) is 4.39 Å². The van der Waals surface area contributed by atoms with E-state index in [4.69, 9.17) is 11.6 Å². The molecule has 0 aliphatic rings. The molecule has 0 saturated carbocycles. The molecule has 1 unspecified atom stereocenters. The Morgan fingerprint density at radius 2 is 1.80 bits per heavy atom. The highest BCUT2D eigenvalue weighted by Crippen LogP contribution is 2.23. The van der Waals surface area contributed by atoms with Gasteiger partial charge in [0, 0.05) is 10.4 Å². The molecule has 106 valence electrons. The molecule has 0 aliphatic carbocycles. The van der Waals surface area contributed by atoms with Gasteiger partial charge < -0.3 is 0 Å². The minimum Gasteiger partial charge on any atom is -0.207 e. The van der Waals surface area contributed by atoms with E-state index in [1.54, 1.807) is 0 Å². The van der Waals surface area contributed by atoms with Crippen LogP contribution in [0.25, 0.3) is 0 Å². The van der Waals surface area contributed by atoms with Crippen molar-refractivity contribution in [2.24, 2.45) is 5.92 Å². The third-order valence-electron chi connectivity index (χ3n) is 3.39. The van der Waals surface area contributed by atoms with E-state index in [2.05, 4.69) is 47.1 Å². The summed E-state index contributed by atoms with van der Waals surface area (Å²) in [7, 11) is 0. The van der Waals surface area contributed by atoms with Gasteiger partial charge in [-0.05, 0) is 48.9 Å². The van der Waals surface area contributed by atoms with E-state index in [1.165, 1.54) is 23.3 Å². The molecule has 0 bridgehead atoms. The third kappa shape index (κ3) is 4.32. The van der Waals surface area contributed by atoms with Gasteiger partial charge in [0.05, 0.1) is 0 Å². The van der Waals surface area contributed by atoms with Crippen LogP contribution in [-0.4, -0.2) is 5.88 Å². The second kappa shape index (κ2) is 7.24. The van der Waals surface area contributed by atoms with Gasteiger partial charge in [0.2, 0.25) is 0 Å². The zero-order valence-electron chi connectivity index (χ0n) is 11.4. The summed E-state index contributed by atoms with van der Waals surface area (Å²) >= 11 is 9.51. The maximum absolute atomic E-state index is 13.1. The predicted octanol–water partition coefficient (Wildman–Crippen LogP) is 5.54. The first-order chi connectivity index (χ1) is 9.58. The largest absolute Gasteiger partial charge is 0.207 e. The van der Waals surface area contributed by atoms with Crippen molar-refractivity contribution in [1.82, 2.24) is 0 Å². The van der Waals surface area contributed by atoms with Gasteiger partial charge in [0.1, 0.15) is 5.82 Å². The van der Waals surface area contributed by atoms with Crippen LogP contribution >= 0.6 is 27.5 Å². The van der Waals surface area contributed by atoms with Crippen LogP contribution in [-0.2, 0) is 12.8 Å². The van der Waals surface area contributed by atoms with Crippen LogP contribution < -0.4 is 0 Å². The molecule has 2 aromatic carbocycles. The molecule has 20 heavy (non-hydrogen) atoms. The first-order valence-electron chi connectivity index (χ1n) is 6.64. The van der Waals surface area contributed by atoms with Gasteiger partial charge in [0.25, 0.3) is 0 Å². The number of benzene rings is 2. The standard InChI is InChI=1S/C17H17BrClF/c1-12-2-4-13(5-3-12)8-14(11-19)9-15-6-7-16(20)10-17(15)18/h2-7,10,14H,8-9,11H2,1H3. The zero-order valence-corrected chi connectivity index (χ0v) is 13.7. The second-order valence-corrected chi connectivity index (χ2v) is 6.31. The van der Waals surface area contributed by atoms with Gasteiger partial charge in [-0.15, -0.1) is 11.6 Å². The van der Waals surface area contributed by atoms with Gasteiger partial charge in [0.15, 0.2) is 0 Å². The summed E-state index contributed by atoms with van der Waals surface area (Å²) in [5.74, 6) is 0.722. The molecule has 2 aromatic rings. The Kier molecular flexibility index (Phi) is 5.62. The van der Waals surface area contributed by atoms with E-state index < -0.39 is 0 Å². The van der Waals surface area contributed by atoms with Crippen molar-refractivity contribution in [3.8, 4) is 0 Å². The minimum atomic E-state index is -0.221. The molecule has 2 rings (SSSR count). The molecule has 0 N–H and O–H groups in total. The fourth-order valence-corrected chi connectivity index (χ4v) is 2.97. The minimum absolute atomic E-state index is 0.221. The summed E-state index contributed by atoms with van der Waals surface area (Å²) in [6.07, 6.45) is 1.78. The van der Waals surface area contributed by atoms with Crippen LogP contribution in [0, 0.1) is 18.7 Å². The Morgan fingerprint density at radius 1 is 1.10 bits per heavy atom. The molecule has 1 atom stereocenters. The van der Waals surface area contributed by atoms with E-state index in [0.717, 1.165) is 22.9 Å². The number of hydrogen-bond donors (Lipinski definition) is 0. The van der Waals surface area contributed by atoms with Crippen LogP contribution in [0.3, 0.4) is 0 Å². The zero-order chi connectivity index (χ0) is 14.5. The van der Waals surface area contributed by atoms with Crippen molar-refractivity contribution >= 4 is 27.5 Å². The fourth-order valence-electron chi connectivity index (χ4n) is 2.24. The van der Waals surface area contributed by atoms with E-state index in [9.17, 15) is 4.39 Å². The first kappa shape index (κ1) is 15.5. The van der Waals surface area contributed by atoms with Crippen molar-refractivity contribution in [3.05, 3.63) is 69.4 Å². The number of halogens is 3. The molecule has 0 spiro atoms. The van der Waals surface area contributed by atoms with E-state index in [1.807, 2.05) is 6.07 Å². The number of alkyl halides is 1. The Morgan fingerprint density at radius 3 is 2.40 bits per heavy atom. The van der Waals surface area contributed by atoms with Crippen molar-refractivity contribution in [2.75, 3.05) is 5.88 Å². The van der Waals surface area contributed by atoms with Crippen LogP contribution in [0.1, 0.15) is 16.7 Å². The lowest BCUT2D eigenvalue weighted by Crippen LogP contribution is -2.10. The summed E-state index contributed by atoms with van der Waals surface area (Å²) in [5, 5.41) is 0. The molecule has 0 saturated heterocycles. The van der Waals surface area contributed by atoms with Gasteiger partial charge in [-0.1, -0.05) is 51.8 Å². The maximum atomic E-state index is 13.1. The summed E-state index contributed by atoms with van der Waals surface area (Å²) in [4.78, 5) is 0. The Labute approximate surface area is 133 Å². The number of rotatable bonds is 5. The smallest absolute Gasteiger partial charge is 0.124 e. The molecule has 0 nitrogen and oxygen atoms in total.